The summed E-state index contributed by atoms with van der Waals surface area (Å²) in [5.74, 6) is 1.30. The molecule has 0 aliphatic rings. The fourth-order valence-electron chi connectivity index (χ4n) is 1.38. The van der Waals surface area contributed by atoms with Crippen molar-refractivity contribution < 1.29 is 0 Å². The zero-order valence-electron chi connectivity index (χ0n) is 8.24. The SMILES string of the molecule is CNc1cc(N)nn1-c1cccc(Cl)c1. The van der Waals surface area contributed by atoms with Crippen molar-refractivity contribution in [3.8, 4) is 5.69 Å². The van der Waals surface area contributed by atoms with Gasteiger partial charge in [-0.05, 0) is 18.2 Å². The largest absolute Gasteiger partial charge is 0.382 e. The lowest BCUT2D eigenvalue weighted by Crippen LogP contribution is -2.02. The Kier molecular flexibility index (Phi) is 2.51. The van der Waals surface area contributed by atoms with Gasteiger partial charge in [0.1, 0.15) is 11.6 Å². The van der Waals surface area contributed by atoms with E-state index in [9.17, 15) is 0 Å². The van der Waals surface area contributed by atoms with E-state index in [1.165, 1.54) is 0 Å². The number of benzene rings is 1. The highest BCUT2D eigenvalue weighted by Crippen LogP contribution is 2.20. The highest BCUT2D eigenvalue weighted by Gasteiger charge is 2.06. The van der Waals surface area contributed by atoms with Crippen LogP contribution < -0.4 is 11.1 Å². The average molecular weight is 223 g/mol. The normalized spacial score (nSPS) is 10.3. The summed E-state index contributed by atoms with van der Waals surface area (Å²) in [6.45, 7) is 0. The fourth-order valence-corrected chi connectivity index (χ4v) is 1.57. The van der Waals surface area contributed by atoms with Crippen molar-refractivity contribution in [2.24, 2.45) is 0 Å². The van der Waals surface area contributed by atoms with Gasteiger partial charge in [0.15, 0.2) is 0 Å². The van der Waals surface area contributed by atoms with E-state index < -0.39 is 0 Å². The van der Waals surface area contributed by atoms with Crippen molar-refractivity contribution in [3.63, 3.8) is 0 Å². The molecule has 0 bridgehead atoms. The molecule has 1 aromatic carbocycles. The third-order valence-electron chi connectivity index (χ3n) is 2.04. The Bertz CT molecular complexity index is 478. The maximum atomic E-state index is 5.90. The molecule has 0 atom stereocenters. The Labute approximate surface area is 92.7 Å². The smallest absolute Gasteiger partial charge is 0.148 e. The molecule has 0 aliphatic heterocycles. The fraction of sp³-hybridized carbons (Fsp3) is 0.100. The molecule has 0 radical (unpaired) electrons. The molecule has 0 fully saturated rings. The second-order valence-corrected chi connectivity index (χ2v) is 3.53. The summed E-state index contributed by atoms with van der Waals surface area (Å²) in [5, 5.41) is 7.85. The van der Waals surface area contributed by atoms with Gasteiger partial charge >= 0.3 is 0 Å². The molecule has 2 rings (SSSR count). The number of nitrogen functional groups attached to an aromatic ring is 1. The first kappa shape index (κ1) is 9.86. The molecule has 4 nitrogen and oxygen atoms in total. The molecule has 78 valence electrons. The van der Waals surface area contributed by atoms with Gasteiger partial charge in [-0.2, -0.15) is 0 Å². The van der Waals surface area contributed by atoms with E-state index in [4.69, 9.17) is 17.3 Å². The van der Waals surface area contributed by atoms with Crippen LogP contribution in [0.1, 0.15) is 0 Å². The van der Waals surface area contributed by atoms with Crippen LogP contribution in [0.3, 0.4) is 0 Å². The van der Waals surface area contributed by atoms with Gasteiger partial charge in [0.2, 0.25) is 0 Å². The molecule has 2 aromatic rings. The second kappa shape index (κ2) is 3.82. The van der Waals surface area contributed by atoms with E-state index in [0.717, 1.165) is 11.5 Å². The number of nitrogens with one attached hydrogen (secondary N) is 1. The molecular weight excluding hydrogens is 212 g/mol. The highest BCUT2D eigenvalue weighted by molar-refractivity contribution is 6.30. The van der Waals surface area contributed by atoms with Crippen LogP contribution in [0.2, 0.25) is 5.02 Å². The van der Waals surface area contributed by atoms with Gasteiger partial charge in [0.25, 0.3) is 0 Å². The van der Waals surface area contributed by atoms with E-state index in [2.05, 4.69) is 10.4 Å². The summed E-state index contributed by atoms with van der Waals surface area (Å²) in [6, 6.07) is 9.20. The molecule has 0 spiro atoms. The van der Waals surface area contributed by atoms with Crippen LogP contribution in [0.15, 0.2) is 30.3 Å². The summed E-state index contributed by atoms with van der Waals surface area (Å²) >= 11 is 5.90. The van der Waals surface area contributed by atoms with Gasteiger partial charge in [0.05, 0.1) is 5.69 Å². The molecule has 1 aromatic heterocycles. The third kappa shape index (κ3) is 1.89. The number of nitrogens with zero attached hydrogens (tertiary/aromatic N) is 2. The van der Waals surface area contributed by atoms with Gasteiger partial charge < -0.3 is 11.1 Å². The Hall–Kier alpha value is -1.68. The first-order valence-corrected chi connectivity index (χ1v) is 4.88. The van der Waals surface area contributed by atoms with Crippen LogP contribution in [-0.2, 0) is 0 Å². The molecule has 1 heterocycles. The van der Waals surface area contributed by atoms with Gasteiger partial charge in [-0.25, -0.2) is 4.68 Å². The van der Waals surface area contributed by atoms with E-state index in [-0.39, 0.29) is 0 Å². The number of anilines is 2. The lowest BCUT2D eigenvalue weighted by atomic mass is 10.3. The minimum absolute atomic E-state index is 0.472. The van der Waals surface area contributed by atoms with Crippen molar-refractivity contribution in [2.75, 3.05) is 18.1 Å². The molecule has 0 aliphatic carbocycles. The van der Waals surface area contributed by atoms with Crippen molar-refractivity contribution in [1.29, 1.82) is 0 Å². The van der Waals surface area contributed by atoms with Gasteiger partial charge in [0, 0.05) is 18.1 Å². The predicted octanol–water partition coefficient (Wildman–Crippen LogP) is 2.15. The average Bonchev–Trinajstić information content (AvgIpc) is 2.59. The first-order chi connectivity index (χ1) is 7.20. The molecule has 15 heavy (non-hydrogen) atoms. The summed E-state index contributed by atoms with van der Waals surface area (Å²) in [4.78, 5) is 0. The number of nitrogens with two attached hydrogens (primary N) is 1. The molecule has 0 amide bonds. The summed E-state index contributed by atoms with van der Waals surface area (Å²) in [7, 11) is 1.82. The summed E-state index contributed by atoms with van der Waals surface area (Å²) < 4.78 is 1.71. The number of hydrogen-bond donors (Lipinski definition) is 2. The predicted molar refractivity (Wildman–Crippen MR) is 62.5 cm³/mol. The van der Waals surface area contributed by atoms with Crippen LogP contribution in [0.5, 0.6) is 0 Å². The van der Waals surface area contributed by atoms with Crippen LogP contribution >= 0.6 is 11.6 Å². The van der Waals surface area contributed by atoms with Crippen LogP contribution in [0.25, 0.3) is 5.69 Å². The van der Waals surface area contributed by atoms with Crippen LogP contribution in [-0.4, -0.2) is 16.8 Å². The Morgan fingerprint density at radius 3 is 2.87 bits per heavy atom. The quantitative estimate of drug-likeness (QED) is 0.819. The van der Waals surface area contributed by atoms with E-state index >= 15 is 0 Å². The van der Waals surface area contributed by atoms with E-state index in [1.807, 2.05) is 31.3 Å². The lowest BCUT2D eigenvalue weighted by molar-refractivity contribution is 0.891. The zero-order valence-corrected chi connectivity index (χ0v) is 8.99. The van der Waals surface area contributed by atoms with Gasteiger partial charge in [-0.1, -0.05) is 17.7 Å². The monoisotopic (exact) mass is 222 g/mol. The number of hydrogen-bond acceptors (Lipinski definition) is 3. The minimum Gasteiger partial charge on any atom is -0.382 e. The van der Waals surface area contributed by atoms with Crippen molar-refractivity contribution in [1.82, 2.24) is 9.78 Å². The van der Waals surface area contributed by atoms with Gasteiger partial charge in [-0.15, -0.1) is 5.10 Å². The maximum Gasteiger partial charge on any atom is 0.148 e. The highest BCUT2D eigenvalue weighted by atomic mass is 35.5. The summed E-state index contributed by atoms with van der Waals surface area (Å²) in [5.41, 5.74) is 6.50. The molecule has 3 N–H and O–H groups in total. The Morgan fingerprint density at radius 2 is 2.20 bits per heavy atom. The topological polar surface area (TPSA) is 55.9 Å². The number of rotatable bonds is 2. The molecule has 0 saturated carbocycles. The third-order valence-corrected chi connectivity index (χ3v) is 2.27. The molecule has 0 unspecified atom stereocenters. The van der Waals surface area contributed by atoms with E-state index in [0.29, 0.717) is 10.8 Å². The van der Waals surface area contributed by atoms with Crippen LogP contribution in [0, 0.1) is 0 Å². The molecule has 5 heteroatoms. The zero-order chi connectivity index (χ0) is 10.8. The standard InChI is InChI=1S/C10H11ClN4/c1-13-10-6-9(12)14-15(10)8-4-2-3-7(11)5-8/h2-6,13H,1H3,(H2,12,14). The summed E-state index contributed by atoms with van der Waals surface area (Å²) in [6.07, 6.45) is 0. The Balaban J connectivity index is 2.53. The molecular formula is C10H11ClN4. The number of halogens is 1. The van der Waals surface area contributed by atoms with Crippen molar-refractivity contribution in [3.05, 3.63) is 35.4 Å². The lowest BCUT2D eigenvalue weighted by Gasteiger charge is -2.06. The molecule has 0 saturated heterocycles. The van der Waals surface area contributed by atoms with Gasteiger partial charge in [-0.3, -0.25) is 0 Å². The number of aromatic nitrogens is 2. The second-order valence-electron chi connectivity index (χ2n) is 3.10. The first-order valence-electron chi connectivity index (χ1n) is 4.50. The van der Waals surface area contributed by atoms with Crippen molar-refractivity contribution in [2.45, 2.75) is 0 Å². The van der Waals surface area contributed by atoms with Crippen molar-refractivity contribution >= 4 is 23.2 Å². The van der Waals surface area contributed by atoms with E-state index in [1.54, 1.807) is 10.7 Å². The Morgan fingerprint density at radius 1 is 1.40 bits per heavy atom. The van der Waals surface area contributed by atoms with Crippen LogP contribution in [0.4, 0.5) is 11.6 Å². The maximum absolute atomic E-state index is 5.90. The minimum atomic E-state index is 0.472.